The zero-order valence-corrected chi connectivity index (χ0v) is 12.3. The molecule has 0 fully saturated rings. The Balaban J connectivity index is 2.01. The van der Waals surface area contributed by atoms with E-state index in [1.54, 1.807) is 6.92 Å². The van der Waals surface area contributed by atoms with Gasteiger partial charge >= 0.3 is 0 Å². The Morgan fingerprint density at radius 2 is 2.00 bits per heavy atom. The number of benzene rings is 1. The van der Waals surface area contributed by atoms with Gasteiger partial charge in [-0.3, -0.25) is 9.48 Å². The second-order valence-corrected chi connectivity index (χ2v) is 4.96. The van der Waals surface area contributed by atoms with Crippen LogP contribution < -0.4 is 0 Å². The number of ketones is 1. The fraction of sp³-hybridized carbons (Fsp3) is 0.500. The highest BCUT2D eigenvalue weighted by molar-refractivity contribution is 6.04. The summed E-state index contributed by atoms with van der Waals surface area (Å²) in [7, 11) is 0. The van der Waals surface area contributed by atoms with Crippen LogP contribution in [0.2, 0.25) is 0 Å². The number of hydrogen-bond donors (Lipinski definition) is 0. The van der Waals surface area contributed by atoms with Gasteiger partial charge in [-0.25, -0.2) is 0 Å². The summed E-state index contributed by atoms with van der Waals surface area (Å²) in [5.74, 6) is 0.0131. The maximum atomic E-state index is 11.6. The largest absolute Gasteiger partial charge is 0.381 e. The number of aromatic nitrogens is 2. The molecule has 0 bridgehead atoms. The maximum Gasteiger partial charge on any atom is 0.180 e. The average molecular weight is 274 g/mol. The van der Waals surface area contributed by atoms with Crippen LogP contribution >= 0.6 is 0 Å². The number of carbonyl (C=O) groups is 1. The Kier molecular flexibility index (Phi) is 5.30. The minimum atomic E-state index is 0.0131. The van der Waals surface area contributed by atoms with Crippen LogP contribution in [0.4, 0.5) is 0 Å². The number of ether oxygens (including phenoxy) is 1. The lowest BCUT2D eigenvalue weighted by Gasteiger charge is -2.04. The molecule has 1 aromatic carbocycles. The van der Waals surface area contributed by atoms with Gasteiger partial charge in [0.25, 0.3) is 0 Å². The first kappa shape index (κ1) is 14.7. The van der Waals surface area contributed by atoms with Gasteiger partial charge in [0.05, 0.1) is 5.52 Å². The van der Waals surface area contributed by atoms with Crippen LogP contribution in [0.5, 0.6) is 0 Å². The molecule has 1 aromatic heterocycles. The first-order valence-electron chi connectivity index (χ1n) is 7.28. The molecule has 2 rings (SSSR count). The number of hydrogen-bond acceptors (Lipinski definition) is 3. The molecule has 108 valence electrons. The number of nitrogens with zero attached hydrogens (tertiary/aromatic N) is 2. The molecule has 0 spiro atoms. The molecular formula is C16H22N2O2. The van der Waals surface area contributed by atoms with Crippen LogP contribution in [-0.2, 0) is 11.3 Å². The molecule has 4 nitrogen and oxygen atoms in total. The van der Waals surface area contributed by atoms with Gasteiger partial charge in [-0.05, 0) is 18.9 Å². The van der Waals surface area contributed by atoms with Crippen LogP contribution in [0.15, 0.2) is 24.3 Å². The molecule has 0 saturated carbocycles. The fourth-order valence-electron chi connectivity index (χ4n) is 2.22. The Labute approximate surface area is 119 Å². The van der Waals surface area contributed by atoms with Gasteiger partial charge < -0.3 is 4.74 Å². The third-order valence-electron chi connectivity index (χ3n) is 3.29. The molecule has 0 atom stereocenters. The molecule has 0 aliphatic rings. The molecule has 0 N–H and O–H groups in total. The van der Waals surface area contributed by atoms with Crippen molar-refractivity contribution in [2.75, 3.05) is 13.2 Å². The zero-order chi connectivity index (χ0) is 14.4. The van der Waals surface area contributed by atoms with E-state index in [0.717, 1.165) is 49.9 Å². The van der Waals surface area contributed by atoms with Crippen molar-refractivity contribution >= 4 is 16.7 Å². The molecule has 20 heavy (non-hydrogen) atoms. The lowest BCUT2D eigenvalue weighted by Crippen LogP contribution is -2.06. The maximum absolute atomic E-state index is 11.6. The molecule has 4 heteroatoms. The summed E-state index contributed by atoms with van der Waals surface area (Å²) in [6.07, 6.45) is 3.18. The smallest absolute Gasteiger partial charge is 0.180 e. The van der Waals surface area contributed by atoms with Gasteiger partial charge in [0.1, 0.15) is 5.69 Å². The molecular weight excluding hydrogens is 252 g/mol. The van der Waals surface area contributed by atoms with Crippen molar-refractivity contribution in [1.29, 1.82) is 0 Å². The third kappa shape index (κ3) is 3.45. The van der Waals surface area contributed by atoms with Crippen LogP contribution in [0, 0.1) is 0 Å². The Hall–Kier alpha value is -1.68. The minimum absolute atomic E-state index is 0.0131. The molecule has 0 radical (unpaired) electrons. The van der Waals surface area contributed by atoms with Crippen molar-refractivity contribution in [1.82, 2.24) is 9.78 Å². The first-order valence-corrected chi connectivity index (χ1v) is 7.28. The fourth-order valence-corrected chi connectivity index (χ4v) is 2.22. The van der Waals surface area contributed by atoms with E-state index < -0.39 is 0 Å². The molecule has 1 heterocycles. The van der Waals surface area contributed by atoms with Crippen molar-refractivity contribution in [3.05, 3.63) is 30.0 Å². The van der Waals surface area contributed by atoms with E-state index in [-0.39, 0.29) is 5.78 Å². The zero-order valence-electron chi connectivity index (χ0n) is 12.3. The normalized spacial score (nSPS) is 11.1. The van der Waals surface area contributed by atoms with E-state index in [2.05, 4.69) is 12.0 Å². The summed E-state index contributed by atoms with van der Waals surface area (Å²) in [5.41, 5.74) is 1.58. The van der Waals surface area contributed by atoms with Crippen LogP contribution in [0.3, 0.4) is 0 Å². The number of unbranched alkanes of at least 4 members (excludes halogenated alkanes) is 1. The summed E-state index contributed by atoms with van der Waals surface area (Å²) >= 11 is 0. The molecule has 0 amide bonds. The summed E-state index contributed by atoms with van der Waals surface area (Å²) in [6.45, 7) is 6.06. The predicted octanol–water partition coefficient (Wildman–Crippen LogP) is 3.45. The highest BCUT2D eigenvalue weighted by atomic mass is 16.5. The summed E-state index contributed by atoms with van der Waals surface area (Å²) in [4.78, 5) is 11.6. The highest BCUT2D eigenvalue weighted by Gasteiger charge is 2.12. The highest BCUT2D eigenvalue weighted by Crippen LogP contribution is 2.19. The van der Waals surface area contributed by atoms with Gasteiger partial charge in [-0.1, -0.05) is 31.5 Å². The number of aryl methyl sites for hydroxylation is 1. The van der Waals surface area contributed by atoms with E-state index in [0.29, 0.717) is 5.69 Å². The lowest BCUT2D eigenvalue weighted by atomic mass is 10.2. The van der Waals surface area contributed by atoms with Gasteiger partial charge in [0.2, 0.25) is 0 Å². The van der Waals surface area contributed by atoms with E-state index in [1.165, 1.54) is 0 Å². The summed E-state index contributed by atoms with van der Waals surface area (Å²) in [5, 5.41) is 5.37. The SMILES string of the molecule is CCCCOCCCn1nc(C(C)=O)c2ccccc21. The van der Waals surface area contributed by atoms with Gasteiger partial charge in [0.15, 0.2) is 5.78 Å². The number of rotatable bonds is 8. The Morgan fingerprint density at radius 3 is 2.75 bits per heavy atom. The summed E-state index contributed by atoms with van der Waals surface area (Å²) in [6, 6.07) is 7.87. The monoisotopic (exact) mass is 274 g/mol. The van der Waals surface area contributed by atoms with Crippen LogP contribution in [0.25, 0.3) is 10.9 Å². The van der Waals surface area contributed by atoms with E-state index in [1.807, 2.05) is 28.9 Å². The van der Waals surface area contributed by atoms with Gasteiger partial charge in [0, 0.05) is 32.1 Å². The second kappa shape index (κ2) is 7.20. The average Bonchev–Trinajstić information content (AvgIpc) is 2.82. The number of para-hydroxylation sites is 1. The van der Waals surface area contributed by atoms with Crippen molar-refractivity contribution in [3.63, 3.8) is 0 Å². The van der Waals surface area contributed by atoms with Crippen molar-refractivity contribution < 1.29 is 9.53 Å². The number of carbonyl (C=O) groups excluding carboxylic acids is 1. The van der Waals surface area contributed by atoms with E-state index in [9.17, 15) is 4.79 Å². The minimum Gasteiger partial charge on any atom is -0.381 e. The molecule has 0 aliphatic carbocycles. The lowest BCUT2D eigenvalue weighted by molar-refractivity contribution is 0.101. The third-order valence-corrected chi connectivity index (χ3v) is 3.29. The van der Waals surface area contributed by atoms with Crippen molar-refractivity contribution in [3.8, 4) is 0 Å². The number of fused-ring (bicyclic) bond motifs is 1. The predicted molar refractivity (Wildman–Crippen MR) is 80.1 cm³/mol. The number of Topliss-reactive ketones (excluding diaryl/α,β-unsaturated/α-hetero) is 1. The topological polar surface area (TPSA) is 44.1 Å². The van der Waals surface area contributed by atoms with Crippen LogP contribution in [-0.4, -0.2) is 28.8 Å². The van der Waals surface area contributed by atoms with E-state index >= 15 is 0 Å². The summed E-state index contributed by atoms with van der Waals surface area (Å²) < 4.78 is 7.47. The molecule has 0 unspecified atom stereocenters. The van der Waals surface area contributed by atoms with Crippen molar-refractivity contribution in [2.45, 2.75) is 39.7 Å². The first-order chi connectivity index (χ1) is 9.74. The molecule has 0 aliphatic heterocycles. The Bertz CT molecular complexity index is 575. The second-order valence-electron chi connectivity index (χ2n) is 4.96. The van der Waals surface area contributed by atoms with Crippen LogP contribution in [0.1, 0.15) is 43.6 Å². The Morgan fingerprint density at radius 1 is 1.25 bits per heavy atom. The molecule has 2 aromatic rings. The van der Waals surface area contributed by atoms with Crippen molar-refractivity contribution in [2.24, 2.45) is 0 Å². The van der Waals surface area contributed by atoms with Gasteiger partial charge in [-0.15, -0.1) is 0 Å². The van der Waals surface area contributed by atoms with Gasteiger partial charge in [-0.2, -0.15) is 5.10 Å². The quantitative estimate of drug-likeness (QED) is 0.547. The van der Waals surface area contributed by atoms with E-state index in [4.69, 9.17) is 4.74 Å². The standard InChI is InChI=1S/C16H22N2O2/c1-3-4-11-20-12-7-10-18-15-9-6-5-8-14(15)16(17-18)13(2)19/h5-6,8-9H,3-4,7,10-12H2,1-2H3. The molecule has 0 saturated heterocycles.